The zero-order valence-corrected chi connectivity index (χ0v) is 13.8. The zero-order valence-electron chi connectivity index (χ0n) is 13.8. The van der Waals surface area contributed by atoms with Crippen molar-refractivity contribution in [3.8, 4) is 0 Å². The number of allylic oxidation sites excluding steroid dienone is 1. The Kier molecular flexibility index (Phi) is 3.74. The molecule has 0 bridgehead atoms. The van der Waals surface area contributed by atoms with Crippen molar-refractivity contribution in [3.05, 3.63) is 54.0 Å². The molecule has 0 radical (unpaired) electrons. The Morgan fingerprint density at radius 3 is 2.92 bits per heavy atom. The van der Waals surface area contributed by atoms with Crippen LogP contribution in [0.5, 0.6) is 0 Å². The minimum Gasteiger partial charge on any atom is -0.465 e. The van der Waals surface area contributed by atoms with Gasteiger partial charge in [-0.2, -0.15) is 10.1 Å². The van der Waals surface area contributed by atoms with Gasteiger partial charge in [0.05, 0.1) is 18.0 Å². The highest BCUT2D eigenvalue weighted by Crippen LogP contribution is 2.24. The predicted octanol–water partition coefficient (Wildman–Crippen LogP) is 3.61. The van der Waals surface area contributed by atoms with Crippen LogP contribution in [0.1, 0.15) is 12.7 Å². The standard InChI is InChI=1S/C18H16N6O/c1-12(10-13-6-5-9-25-13)11-19-22-18-20-17-16(21-23-18)14-7-3-4-8-15(14)24(17)2/h3-11H,1-2H3,(H,20,22,23)/b12-10+,19-11-. The van der Waals surface area contributed by atoms with Gasteiger partial charge in [-0.3, -0.25) is 0 Å². The predicted molar refractivity (Wildman–Crippen MR) is 98.3 cm³/mol. The minimum absolute atomic E-state index is 0.348. The van der Waals surface area contributed by atoms with Gasteiger partial charge in [0.2, 0.25) is 0 Å². The van der Waals surface area contributed by atoms with Gasteiger partial charge in [0.25, 0.3) is 5.95 Å². The largest absolute Gasteiger partial charge is 0.465 e. The summed E-state index contributed by atoms with van der Waals surface area (Å²) < 4.78 is 7.26. The molecule has 0 aliphatic rings. The van der Waals surface area contributed by atoms with E-state index in [0.29, 0.717) is 5.95 Å². The van der Waals surface area contributed by atoms with E-state index in [9.17, 15) is 0 Å². The fourth-order valence-electron chi connectivity index (χ4n) is 2.68. The lowest BCUT2D eigenvalue weighted by atomic mass is 10.2. The summed E-state index contributed by atoms with van der Waals surface area (Å²) in [4.78, 5) is 4.51. The second kappa shape index (κ2) is 6.20. The van der Waals surface area contributed by atoms with Gasteiger partial charge in [0.15, 0.2) is 5.65 Å². The molecule has 0 aliphatic heterocycles. The molecule has 3 aromatic heterocycles. The molecule has 0 atom stereocenters. The molecular formula is C18H16N6O. The molecule has 1 N–H and O–H groups in total. The molecule has 1 aromatic carbocycles. The molecular weight excluding hydrogens is 316 g/mol. The zero-order chi connectivity index (χ0) is 17.2. The molecule has 7 heteroatoms. The van der Waals surface area contributed by atoms with Crippen molar-refractivity contribution in [1.29, 1.82) is 0 Å². The summed E-state index contributed by atoms with van der Waals surface area (Å²) in [6.07, 6.45) is 5.20. The van der Waals surface area contributed by atoms with Crippen molar-refractivity contribution < 1.29 is 4.42 Å². The molecule has 0 amide bonds. The van der Waals surface area contributed by atoms with Crippen LogP contribution in [-0.2, 0) is 7.05 Å². The lowest BCUT2D eigenvalue weighted by Gasteiger charge is -1.99. The molecule has 0 fully saturated rings. The van der Waals surface area contributed by atoms with Gasteiger partial charge in [-0.15, -0.1) is 10.2 Å². The number of hydrogen-bond acceptors (Lipinski definition) is 6. The van der Waals surface area contributed by atoms with E-state index in [1.165, 1.54) is 0 Å². The Hall–Kier alpha value is -3.48. The summed E-state index contributed by atoms with van der Waals surface area (Å²) in [5, 5.41) is 13.6. The van der Waals surface area contributed by atoms with E-state index in [0.717, 1.165) is 33.4 Å². The monoisotopic (exact) mass is 332 g/mol. The quantitative estimate of drug-likeness (QED) is 0.456. The van der Waals surface area contributed by atoms with Crippen LogP contribution < -0.4 is 5.43 Å². The molecule has 25 heavy (non-hydrogen) atoms. The average molecular weight is 332 g/mol. The highest BCUT2D eigenvalue weighted by molar-refractivity contribution is 6.04. The van der Waals surface area contributed by atoms with E-state index in [1.54, 1.807) is 12.5 Å². The maximum absolute atomic E-state index is 5.26. The third-order valence-electron chi connectivity index (χ3n) is 3.85. The number of hydrazone groups is 1. The van der Waals surface area contributed by atoms with Crippen LogP contribution in [-0.4, -0.2) is 26.0 Å². The van der Waals surface area contributed by atoms with Crippen molar-refractivity contribution in [3.63, 3.8) is 0 Å². The number of fused-ring (bicyclic) bond motifs is 3. The van der Waals surface area contributed by atoms with Gasteiger partial charge in [0.1, 0.15) is 11.3 Å². The van der Waals surface area contributed by atoms with Gasteiger partial charge in [-0.25, -0.2) is 5.43 Å². The summed E-state index contributed by atoms with van der Waals surface area (Å²) in [6, 6.07) is 11.7. The third-order valence-corrected chi connectivity index (χ3v) is 3.85. The molecule has 0 aliphatic carbocycles. The second-order valence-electron chi connectivity index (χ2n) is 5.66. The average Bonchev–Trinajstić information content (AvgIpc) is 3.23. The number of aromatic nitrogens is 4. The number of nitrogens with zero attached hydrogens (tertiary/aromatic N) is 5. The van der Waals surface area contributed by atoms with Crippen LogP contribution in [0.3, 0.4) is 0 Å². The number of hydrogen-bond donors (Lipinski definition) is 1. The van der Waals surface area contributed by atoms with Gasteiger partial charge in [-0.05, 0) is 36.8 Å². The van der Waals surface area contributed by atoms with E-state index in [2.05, 4.69) is 25.7 Å². The molecule has 124 valence electrons. The maximum atomic E-state index is 5.26. The first kappa shape index (κ1) is 15.1. The summed E-state index contributed by atoms with van der Waals surface area (Å²) in [7, 11) is 1.96. The Morgan fingerprint density at radius 2 is 2.08 bits per heavy atom. The van der Waals surface area contributed by atoms with Crippen molar-refractivity contribution >= 4 is 40.3 Å². The van der Waals surface area contributed by atoms with Crippen LogP contribution in [0.2, 0.25) is 0 Å². The molecule has 4 aromatic rings. The number of anilines is 1. The number of benzene rings is 1. The van der Waals surface area contributed by atoms with Crippen LogP contribution in [0.15, 0.2) is 57.8 Å². The maximum Gasteiger partial charge on any atom is 0.265 e. The summed E-state index contributed by atoms with van der Waals surface area (Å²) in [6.45, 7) is 1.93. The SMILES string of the molecule is CC(/C=N\Nc1nnc2c3ccccc3n(C)c2n1)=C\c1ccco1. The Morgan fingerprint density at radius 1 is 1.20 bits per heavy atom. The Balaban J connectivity index is 1.59. The van der Waals surface area contributed by atoms with E-state index in [1.807, 2.05) is 61.0 Å². The molecule has 0 saturated heterocycles. The van der Waals surface area contributed by atoms with Crippen molar-refractivity contribution in [2.45, 2.75) is 6.92 Å². The number of para-hydroxylation sites is 1. The minimum atomic E-state index is 0.348. The Labute approximate surface area is 143 Å². The fourth-order valence-corrected chi connectivity index (χ4v) is 2.68. The third kappa shape index (κ3) is 2.87. The Bertz CT molecular complexity index is 1090. The lowest BCUT2D eigenvalue weighted by Crippen LogP contribution is -2.00. The van der Waals surface area contributed by atoms with Crippen molar-refractivity contribution in [2.75, 3.05) is 5.43 Å². The van der Waals surface area contributed by atoms with Crippen molar-refractivity contribution in [1.82, 2.24) is 19.7 Å². The normalized spacial score (nSPS) is 12.5. The first-order chi connectivity index (χ1) is 12.2. The van der Waals surface area contributed by atoms with Gasteiger partial charge < -0.3 is 8.98 Å². The highest BCUT2D eigenvalue weighted by Gasteiger charge is 2.11. The molecule has 0 spiro atoms. The van der Waals surface area contributed by atoms with Crippen molar-refractivity contribution in [2.24, 2.45) is 12.1 Å². The first-order valence-corrected chi connectivity index (χ1v) is 7.81. The molecule has 7 nitrogen and oxygen atoms in total. The number of furan rings is 1. The second-order valence-corrected chi connectivity index (χ2v) is 5.66. The van der Waals surface area contributed by atoms with Gasteiger partial charge in [-0.1, -0.05) is 18.2 Å². The molecule has 0 unspecified atom stereocenters. The number of nitrogens with one attached hydrogen (secondary N) is 1. The van der Waals surface area contributed by atoms with Crippen LogP contribution >= 0.6 is 0 Å². The summed E-state index contributed by atoms with van der Waals surface area (Å²) >= 11 is 0. The molecule has 3 heterocycles. The van der Waals surface area contributed by atoms with E-state index in [4.69, 9.17) is 4.42 Å². The van der Waals surface area contributed by atoms with Gasteiger partial charge in [0, 0.05) is 12.4 Å². The lowest BCUT2D eigenvalue weighted by molar-refractivity contribution is 0.557. The van der Waals surface area contributed by atoms with Crippen LogP contribution in [0.4, 0.5) is 5.95 Å². The summed E-state index contributed by atoms with van der Waals surface area (Å²) in [5.74, 6) is 1.12. The fraction of sp³-hybridized carbons (Fsp3) is 0.111. The first-order valence-electron chi connectivity index (χ1n) is 7.81. The topological polar surface area (TPSA) is 81.1 Å². The molecule has 4 rings (SSSR count). The van der Waals surface area contributed by atoms with Crippen LogP contribution in [0.25, 0.3) is 28.1 Å². The smallest absolute Gasteiger partial charge is 0.265 e. The molecule has 0 saturated carbocycles. The van der Waals surface area contributed by atoms with E-state index in [-0.39, 0.29) is 0 Å². The number of rotatable bonds is 4. The van der Waals surface area contributed by atoms with Crippen LogP contribution in [0, 0.1) is 0 Å². The number of aryl methyl sites for hydroxylation is 1. The van der Waals surface area contributed by atoms with E-state index >= 15 is 0 Å². The van der Waals surface area contributed by atoms with Gasteiger partial charge >= 0.3 is 0 Å². The highest BCUT2D eigenvalue weighted by atomic mass is 16.3. The van der Waals surface area contributed by atoms with E-state index < -0.39 is 0 Å². The summed E-state index contributed by atoms with van der Waals surface area (Å²) in [5.41, 5.74) is 6.36.